The molecule has 0 atom stereocenters. The third-order valence-corrected chi connectivity index (χ3v) is 1.72. The second-order valence-corrected chi connectivity index (χ2v) is 2.56. The van der Waals surface area contributed by atoms with Gasteiger partial charge in [0.2, 0.25) is 0 Å². The van der Waals surface area contributed by atoms with Crippen molar-refractivity contribution in [3.8, 4) is 5.75 Å². The van der Waals surface area contributed by atoms with Crippen LogP contribution in [0.25, 0.3) is 0 Å². The summed E-state index contributed by atoms with van der Waals surface area (Å²) in [6, 6.07) is 3.21. The summed E-state index contributed by atoms with van der Waals surface area (Å²) < 4.78 is 18.2. The van der Waals surface area contributed by atoms with Gasteiger partial charge >= 0.3 is 0 Å². The van der Waals surface area contributed by atoms with Crippen molar-refractivity contribution in [2.24, 2.45) is 5.16 Å². The van der Waals surface area contributed by atoms with Crippen molar-refractivity contribution in [3.05, 3.63) is 29.1 Å². The molecule has 0 saturated carbocycles. The van der Waals surface area contributed by atoms with Crippen LogP contribution in [0.15, 0.2) is 17.3 Å². The molecule has 1 aromatic rings. The van der Waals surface area contributed by atoms with Crippen molar-refractivity contribution in [1.82, 2.24) is 0 Å². The Morgan fingerprint density at radius 3 is 2.77 bits per heavy atom. The average Bonchev–Trinajstić information content (AvgIpc) is 2.11. The van der Waals surface area contributed by atoms with Gasteiger partial charge in [-0.1, -0.05) is 11.2 Å². The number of benzene rings is 1. The molecule has 0 amide bonds. The van der Waals surface area contributed by atoms with E-state index in [1.165, 1.54) is 13.2 Å². The fourth-order valence-corrected chi connectivity index (χ4v) is 1.08. The van der Waals surface area contributed by atoms with Crippen LogP contribution in [-0.4, -0.2) is 18.5 Å². The summed E-state index contributed by atoms with van der Waals surface area (Å²) in [5.74, 6) is -0.335. The summed E-state index contributed by atoms with van der Waals surface area (Å²) in [6.07, 6.45) is 1.03. The summed E-state index contributed by atoms with van der Waals surface area (Å²) in [4.78, 5) is 0. The van der Waals surface area contributed by atoms with Crippen molar-refractivity contribution < 1.29 is 14.3 Å². The maximum Gasteiger partial charge on any atom is 0.174 e. The van der Waals surface area contributed by atoms with Gasteiger partial charge in [-0.25, -0.2) is 4.39 Å². The van der Waals surface area contributed by atoms with E-state index in [0.717, 1.165) is 6.21 Å². The molecule has 0 spiro atoms. The standard InChI is InChI=1S/C9H10FNO2/c1-6-3-4-7(5-11-12)8(10)9(6)13-2/h3-5,12H,1-2H3/b11-5+. The second kappa shape index (κ2) is 3.89. The monoisotopic (exact) mass is 183 g/mol. The Kier molecular flexibility index (Phi) is 2.84. The summed E-state index contributed by atoms with van der Waals surface area (Å²) in [5, 5.41) is 11.0. The van der Waals surface area contributed by atoms with Crippen LogP contribution in [0, 0.1) is 12.7 Å². The molecule has 0 aliphatic carbocycles. The van der Waals surface area contributed by atoms with E-state index in [1.807, 2.05) is 0 Å². The van der Waals surface area contributed by atoms with Crippen LogP contribution >= 0.6 is 0 Å². The SMILES string of the molecule is COc1c(C)ccc(/C=N/O)c1F. The quantitative estimate of drug-likeness (QED) is 0.432. The number of methoxy groups -OCH3 is 1. The molecule has 0 aromatic heterocycles. The number of oxime groups is 1. The van der Waals surface area contributed by atoms with E-state index in [4.69, 9.17) is 9.94 Å². The molecule has 0 aliphatic rings. The van der Waals surface area contributed by atoms with Gasteiger partial charge in [-0.2, -0.15) is 0 Å². The number of hydrogen-bond donors (Lipinski definition) is 1. The highest BCUT2D eigenvalue weighted by molar-refractivity contribution is 5.80. The molecular formula is C9H10FNO2. The molecule has 13 heavy (non-hydrogen) atoms. The minimum atomic E-state index is -0.514. The van der Waals surface area contributed by atoms with Gasteiger partial charge in [0, 0.05) is 5.56 Å². The smallest absolute Gasteiger partial charge is 0.174 e. The van der Waals surface area contributed by atoms with Gasteiger partial charge < -0.3 is 9.94 Å². The zero-order valence-electron chi connectivity index (χ0n) is 7.41. The summed E-state index contributed by atoms with van der Waals surface area (Å²) in [7, 11) is 1.39. The Labute approximate surface area is 75.4 Å². The van der Waals surface area contributed by atoms with E-state index in [-0.39, 0.29) is 11.3 Å². The first-order chi connectivity index (χ1) is 6.20. The lowest BCUT2D eigenvalue weighted by Gasteiger charge is -2.06. The number of halogens is 1. The van der Waals surface area contributed by atoms with E-state index in [0.29, 0.717) is 5.56 Å². The van der Waals surface area contributed by atoms with Gasteiger partial charge in [0.1, 0.15) is 0 Å². The van der Waals surface area contributed by atoms with Crippen LogP contribution < -0.4 is 4.74 Å². The van der Waals surface area contributed by atoms with Crippen LogP contribution in [-0.2, 0) is 0 Å². The first kappa shape index (κ1) is 9.51. The minimum Gasteiger partial charge on any atom is -0.493 e. The van der Waals surface area contributed by atoms with Crippen LogP contribution in [0.2, 0.25) is 0 Å². The molecule has 1 N–H and O–H groups in total. The molecule has 0 fully saturated rings. The molecule has 1 aromatic carbocycles. The van der Waals surface area contributed by atoms with Gasteiger partial charge in [-0.15, -0.1) is 0 Å². The zero-order chi connectivity index (χ0) is 9.84. The second-order valence-electron chi connectivity index (χ2n) is 2.56. The van der Waals surface area contributed by atoms with Crippen LogP contribution in [0.1, 0.15) is 11.1 Å². The zero-order valence-corrected chi connectivity index (χ0v) is 7.41. The molecule has 0 aliphatic heterocycles. The molecule has 0 heterocycles. The molecule has 0 bridgehead atoms. The van der Waals surface area contributed by atoms with Gasteiger partial charge in [0.05, 0.1) is 13.3 Å². The minimum absolute atomic E-state index is 0.178. The van der Waals surface area contributed by atoms with Crippen molar-refractivity contribution >= 4 is 6.21 Å². The predicted molar refractivity (Wildman–Crippen MR) is 47.1 cm³/mol. The topological polar surface area (TPSA) is 41.8 Å². The van der Waals surface area contributed by atoms with Crippen LogP contribution in [0.5, 0.6) is 5.75 Å². The first-order valence-electron chi connectivity index (χ1n) is 3.71. The molecule has 0 saturated heterocycles. The summed E-state index contributed by atoms with van der Waals surface area (Å²) in [6.45, 7) is 1.74. The predicted octanol–water partition coefficient (Wildman–Crippen LogP) is 1.95. The Hall–Kier alpha value is -1.58. The third-order valence-electron chi connectivity index (χ3n) is 1.72. The lowest BCUT2D eigenvalue weighted by Crippen LogP contribution is -1.96. The summed E-state index contributed by atoms with van der Waals surface area (Å²) >= 11 is 0. The van der Waals surface area contributed by atoms with Crippen molar-refractivity contribution in [3.63, 3.8) is 0 Å². The lowest BCUT2D eigenvalue weighted by molar-refractivity contribution is 0.321. The molecule has 3 nitrogen and oxygen atoms in total. The van der Waals surface area contributed by atoms with E-state index in [2.05, 4.69) is 5.16 Å². The van der Waals surface area contributed by atoms with Gasteiger partial charge in [0.15, 0.2) is 11.6 Å². The molecule has 4 heteroatoms. The number of rotatable bonds is 2. The first-order valence-corrected chi connectivity index (χ1v) is 3.71. The van der Waals surface area contributed by atoms with Crippen LogP contribution in [0.4, 0.5) is 4.39 Å². The fraction of sp³-hybridized carbons (Fsp3) is 0.222. The molecular weight excluding hydrogens is 173 g/mol. The highest BCUT2D eigenvalue weighted by atomic mass is 19.1. The molecule has 0 radical (unpaired) electrons. The largest absolute Gasteiger partial charge is 0.493 e. The molecule has 70 valence electrons. The Balaban J connectivity index is 3.27. The third kappa shape index (κ3) is 1.77. The van der Waals surface area contributed by atoms with Gasteiger partial charge in [-0.05, 0) is 18.6 Å². The lowest BCUT2D eigenvalue weighted by atomic mass is 10.1. The number of ether oxygens (including phenoxy) is 1. The maximum absolute atomic E-state index is 13.4. The number of nitrogens with zero attached hydrogens (tertiary/aromatic N) is 1. The highest BCUT2D eigenvalue weighted by Gasteiger charge is 2.09. The van der Waals surface area contributed by atoms with Crippen LogP contribution in [0.3, 0.4) is 0 Å². The van der Waals surface area contributed by atoms with Gasteiger partial charge in [0.25, 0.3) is 0 Å². The van der Waals surface area contributed by atoms with E-state index >= 15 is 0 Å². The Morgan fingerprint density at radius 1 is 1.54 bits per heavy atom. The number of hydrogen-bond acceptors (Lipinski definition) is 3. The van der Waals surface area contributed by atoms with E-state index in [1.54, 1.807) is 13.0 Å². The highest BCUT2D eigenvalue weighted by Crippen LogP contribution is 2.23. The Bertz CT molecular complexity index is 337. The van der Waals surface area contributed by atoms with E-state index < -0.39 is 5.82 Å². The van der Waals surface area contributed by atoms with Crippen molar-refractivity contribution in [1.29, 1.82) is 0 Å². The maximum atomic E-state index is 13.4. The molecule has 1 rings (SSSR count). The van der Waals surface area contributed by atoms with Crippen molar-refractivity contribution in [2.45, 2.75) is 6.92 Å². The number of aryl methyl sites for hydroxylation is 1. The Morgan fingerprint density at radius 2 is 2.23 bits per heavy atom. The van der Waals surface area contributed by atoms with Gasteiger partial charge in [-0.3, -0.25) is 0 Å². The fourth-order valence-electron chi connectivity index (χ4n) is 1.08. The van der Waals surface area contributed by atoms with Crippen molar-refractivity contribution in [2.75, 3.05) is 7.11 Å². The summed E-state index contributed by atoms with van der Waals surface area (Å²) in [5.41, 5.74) is 0.903. The average molecular weight is 183 g/mol. The molecule has 0 unspecified atom stereocenters. The van der Waals surface area contributed by atoms with E-state index in [9.17, 15) is 4.39 Å². The normalized spacial score (nSPS) is 10.7.